The number of imide groups is 1. The second-order valence-corrected chi connectivity index (χ2v) is 8.57. The Morgan fingerprint density at radius 2 is 1.58 bits per heavy atom. The summed E-state index contributed by atoms with van der Waals surface area (Å²) in [5.74, 6) is -0.258. The smallest absolute Gasteiger partial charge is 0.336 e. The average Bonchev–Trinajstić information content (AvgIpc) is 3.30. The third-order valence-electron chi connectivity index (χ3n) is 6.10. The van der Waals surface area contributed by atoms with E-state index in [0.29, 0.717) is 17.9 Å². The highest BCUT2D eigenvalue weighted by Crippen LogP contribution is 2.37. The molecular weight excluding hydrogens is 416 g/mol. The predicted molar refractivity (Wildman–Crippen MR) is 128 cm³/mol. The van der Waals surface area contributed by atoms with Gasteiger partial charge in [0.15, 0.2) is 0 Å². The Kier molecular flexibility index (Phi) is 4.98. The molecule has 1 N–H and O–H groups in total. The number of fused-ring (bicyclic) bond motifs is 1. The number of hydrogen-bond donors (Lipinski definition) is 1. The molecule has 2 heterocycles. The van der Waals surface area contributed by atoms with Gasteiger partial charge in [0.25, 0.3) is 5.91 Å². The van der Waals surface area contributed by atoms with Crippen molar-refractivity contribution in [2.45, 2.75) is 25.9 Å². The molecular formula is C26H24N4O3. The number of urea groups is 1. The van der Waals surface area contributed by atoms with Gasteiger partial charge in [0, 0.05) is 12.2 Å². The summed E-state index contributed by atoms with van der Waals surface area (Å²) in [4.78, 5) is 33.6. The monoisotopic (exact) mass is 440 g/mol. The summed E-state index contributed by atoms with van der Waals surface area (Å²) >= 11 is 0. The maximum atomic E-state index is 13.3. The highest BCUT2D eigenvalue weighted by Gasteiger charge is 2.52. The number of aliphatic hydroxyl groups excluding tert-OH is 1. The molecule has 1 aliphatic heterocycles. The molecule has 0 bridgehead atoms. The Bertz CT molecular complexity index is 1340. The fourth-order valence-corrected chi connectivity index (χ4v) is 4.37. The molecule has 0 atom stereocenters. The second kappa shape index (κ2) is 7.86. The van der Waals surface area contributed by atoms with E-state index in [2.05, 4.69) is 4.98 Å². The molecule has 0 radical (unpaired) electrons. The summed E-state index contributed by atoms with van der Waals surface area (Å²) in [5, 5.41) is 9.20. The molecule has 7 nitrogen and oxygen atoms in total. The minimum absolute atomic E-state index is 0.0600. The van der Waals surface area contributed by atoms with Gasteiger partial charge in [0.05, 0.1) is 29.7 Å². The number of benzene rings is 3. The van der Waals surface area contributed by atoms with E-state index in [1.54, 1.807) is 37.2 Å². The van der Waals surface area contributed by atoms with Crippen molar-refractivity contribution in [3.8, 4) is 11.1 Å². The normalized spacial score (nSPS) is 15.6. The van der Waals surface area contributed by atoms with E-state index in [1.807, 2.05) is 65.2 Å². The van der Waals surface area contributed by atoms with Crippen LogP contribution < -0.4 is 9.80 Å². The van der Waals surface area contributed by atoms with Crippen LogP contribution in [0, 0.1) is 0 Å². The van der Waals surface area contributed by atoms with Gasteiger partial charge in [-0.2, -0.15) is 0 Å². The van der Waals surface area contributed by atoms with E-state index in [-0.39, 0.29) is 18.5 Å². The van der Waals surface area contributed by atoms with Crippen LogP contribution in [0.2, 0.25) is 0 Å². The van der Waals surface area contributed by atoms with Crippen molar-refractivity contribution in [1.82, 2.24) is 9.55 Å². The van der Waals surface area contributed by atoms with Gasteiger partial charge in [-0.25, -0.2) is 14.7 Å². The van der Waals surface area contributed by atoms with E-state index >= 15 is 0 Å². The number of anilines is 2. The van der Waals surface area contributed by atoms with E-state index in [4.69, 9.17) is 0 Å². The number of rotatable bonds is 5. The molecule has 1 aliphatic rings. The van der Waals surface area contributed by atoms with Gasteiger partial charge in [-0.3, -0.25) is 9.69 Å². The molecule has 0 saturated carbocycles. The van der Waals surface area contributed by atoms with Crippen molar-refractivity contribution in [3.63, 3.8) is 0 Å². The van der Waals surface area contributed by atoms with Crippen molar-refractivity contribution in [3.05, 3.63) is 79.1 Å². The molecule has 1 saturated heterocycles. The zero-order chi connectivity index (χ0) is 23.2. The third-order valence-corrected chi connectivity index (χ3v) is 6.10. The van der Waals surface area contributed by atoms with Gasteiger partial charge in [0.2, 0.25) is 0 Å². The number of carbonyl (C=O) groups is 2. The molecule has 0 spiro atoms. The standard InChI is InChI=1S/C26H24N4O3/c1-26(2)24(32)29(20-6-4-3-5-7-20)25(33)30(26)21-11-8-18(9-12-21)19-10-13-23-22(16-19)27-17-28(23)14-15-31/h3-13,16-17,31H,14-15H2,1-2H3. The summed E-state index contributed by atoms with van der Waals surface area (Å²) in [6, 6.07) is 22.3. The number of aliphatic hydroxyl groups is 1. The number of para-hydroxylation sites is 1. The largest absolute Gasteiger partial charge is 0.395 e. The van der Waals surface area contributed by atoms with Crippen LogP contribution in [0.1, 0.15) is 13.8 Å². The summed E-state index contributed by atoms with van der Waals surface area (Å²) in [6.07, 6.45) is 1.73. The molecule has 3 aromatic carbocycles. The van der Waals surface area contributed by atoms with Crippen molar-refractivity contribution in [2.75, 3.05) is 16.4 Å². The maximum Gasteiger partial charge on any atom is 0.336 e. The SMILES string of the molecule is CC1(C)C(=O)N(c2ccccc2)C(=O)N1c1ccc(-c2ccc3c(c2)ncn3CCO)cc1. The van der Waals surface area contributed by atoms with Crippen LogP contribution in [-0.4, -0.2) is 38.7 Å². The van der Waals surface area contributed by atoms with Crippen molar-refractivity contribution < 1.29 is 14.7 Å². The highest BCUT2D eigenvalue weighted by molar-refractivity contribution is 6.30. The number of amides is 3. The molecule has 1 fully saturated rings. The van der Waals surface area contributed by atoms with Crippen LogP contribution in [0.15, 0.2) is 79.1 Å². The molecule has 0 unspecified atom stereocenters. The van der Waals surface area contributed by atoms with Gasteiger partial charge >= 0.3 is 6.03 Å². The number of nitrogens with zero attached hydrogens (tertiary/aromatic N) is 4. The van der Waals surface area contributed by atoms with E-state index in [9.17, 15) is 14.7 Å². The summed E-state index contributed by atoms with van der Waals surface area (Å²) in [5.41, 5.74) is 4.01. The molecule has 5 rings (SSSR count). The first kappa shape index (κ1) is 20.9. The van der Waals surface area contributed by atoms with Crippen LogP contribution in [0.4, 0.5) is 16.2 Å². The van der Waals surface area contributed by atoms with E-state index in [0.717, 1.165) is 22.2 Å². The lowest BCUT2D eigenvalue weighted by atomic mass is 10.0. The fourth-order valence-electron chi connectivity index (χ4n) is 4.37. The molecule has 4 aromatic rings. The minimum Gasteiger partial charge on any atom is -0.395 e. The Morgan fingerprint density at radius 1 is 0.879 bits per heavy atom. The van der Waals surface area contributed by atoms with Crippen LogP contribution in [0.5, 0.6) is 0 Å². The molecule has 3 amide bonds. The summed E-state index contributed by atoms with van der Waals surface area (Å²) in [7, 11) is 0. The van der Waals surface area contributed by atoms with E-state index < -0.39 is 5.54 Å². The van der Waals surface area contributed by atoms with Crippen molar-refractivity contribution in [1.29, 1.82) is 0 Å². The maximum absolute atomic E-state index is 13.3. The minimum atomic E-state index is -1.01. The number of aromatic nitrogens is 2. The van der Waals surface area contributed by atoms with Crippen LogP contribution in [0.25, 0.3) is 22.2 Å². The second-order valence-electron chi connectivity index (χ2n) is 8.57. The zero-order valence-electron chi connectivity index (χ0n) is 18.5. The lowest BCUT2D eigenvalue weighted by Crippen LogP contribution is -2.44. The third kappa shape index (κ3) is 3.37. The number of imidazole rings is 1. The summed E-state index contributed by atoms with van der Waals surface area (Å²) in [6.45, 7) is 4.09. The molecule has 7 heteroatoms. The first-order valence-corrected chi connectivity index (χ1v) is 10.8. The van der Waals surface area contributed by atoms with Crippen molar-refractivity contribution >= 4 is 34.3 Å². The predicted octanol–water partition coefficient (Wildman–Crippen LogP) is 4.45. The lowest BCUT2D eigenvalue weighted by Gasteiger charge is -2.27. The van der Waals surface area contributed by atoms with Gasteiger partial charge in [-0.15, -0.1) is 0 Å². The van der Waals surface area contributed by atoms with Gasteiger partial charge in [-0.05, 0) is 61.4 Å². The Labute approximate surface area is 191 Å². The fraction of sp³-hybridized carbons (Fsp3) is 0.192. The quantitative estimate of drug-likeness (QED) is 0.465. The molecule has 1 aromatic heterocycles. The topological polar surface area (TPSA) is 78.7 Å². The Morgan fingerprint density at radius 3 is 2.27 bits per heavy atom. The molecule has 33 heavy (non-hydrogen) atoms. The Hall–Kier alpha value is -3.97. The molecule has 0 aliphatic carbocycles. The lowest BCUT2D eigenvalue weighted by molar-refractivity contribution is -0.120. The van der Waals surface area contributed by atoms with Crippen LogP contribution in [-0.2, 0) is 11.3 Å². The highest BCUT2D eigenvalue weighted by atomic mass is 16.3. The van der Waals surface area contributed by atoms with Gasteiger partial charge in [0.1, 0.15) is 5.54 Å². The van der Waals surface area contributed by atoms with Crippen LogP contribution in [0.3, 0.4) is 0 Å². The first-order valence-electron chi connectivity index (χ1n) is 10.8. The number of hydrogen-bond acceptors (Lipinski definition) is 4. The van der Waals surface area contributed by atoms with E-state index in [1.165, 1.54) is 4.90 Å². The van der Waals surface area contributed by atoms with Gasteiger partial charge in [-0.1, -0.05) is 36.4 Å². The zero-order valence-corrected chi connectivity index (χ0v) is 18.5. The Balaban J connectivity index is 1.46. The van der Waals surface area contributed by atoms with Crippen LogP contribution >= 0.6 is 0 Å². The number of carbonyl (C=O) groups excluding carboxylic acids is 2. The first-order chi connectivity index (χ1) is 15.9. The summed E-state index contributed by atoms with van der Waals surface area (Å²) < 4.78 is 1.92. The molecule has 166 valence electrons. The average molecular weight is 441 g/mol. The van der Waals surface area contributed by atoms with Gasteiger partial charge < -0.3 is 9.67 Å². The van der Waals surface area contributed by atoms with Crippen molar-refractivity contribution in [2.24, 2.45) is 0 Å².